The van der Waals surface area contributed by atoms with E-state index in [0.29, 0.717) is 12.3 Å². The fraction of sp³-hybridized carbons (Fsp3) is 0.929. The molecule has 20 heavy (non-hydrogen) atoms. The highest BCUT2D eigenvalue weighted by Gasteiger charge is 2.57. The normalized spacial score (nSPS) is 27.9. The molecule has 3 nitrogen and oxygen atoms in total. The molecule has 118 valence electrons. The molecule has 0 aromatic carbocycles. The van der Waals surface area contributed by atoms with Crippen LogP contribution in [-0.2, 0) is 14.3 Å². The standard InChI is InChI=1S/C14H23F3O3/c1-9(2)8-12(3,4)11(18)19-10-6-7-13(5,20-10)14(15,16)17/h9-10H,6-8H2,1-5H3. The van der Waals surface area contributed by atoms with Crippen molar-refractivity contribution in [3.05, 3.63) is 0 Å². The van der Waals surface area contributed by atoms with Gasteiger partial charge in [0.2, 0.25) is 6.29 Å². The topological polar surface area (TPSA) is 35.5 Å². The van der Waals surface area contributed by atoms with Gasteiger partial charge in [-0.15, -0.1) is 0 Å². The molecule has 1 aliphatic rings. The van der Waals surface area contributed by atoms with Gasteiger partial charge in [-0.1, -0.05) is 13.8 Å². The Bertz CT molecular complexity index is 363. The Labute approximate surface area is 117 Å². The largest absolute Gasteiger partial charge is 0.435 e. The smallest absolute Gasteiger partial charge is 0.417 e. The number of carbonyl (C=O) groups is 1. The second-order valence-electron chi connectivity index (χ2n) is 6.70. The lowest BCUT2D eigenvalue weighted by molar-refractivity contribution is -0.287. The Kier molecular flexibility index (Phi) is 4.79. The average molecular weight is 296 g/mol. The van der Waals surface area contributed by atoms with Gasteiger partial charge in [0.05, 0.1) is 5.41 Å². The molecule has 0 radical (unpaired) electrons. The highest BCUT2D eigenvalue weighted by molar-refractivity contribution is 5.76. The zero-order valence-corrected chi connectivity index (χ0v) is 12.6. The van der Waals surface area contributed by atoms with E-state index in [0.717, 1.165) is 6.92 Å². The second-order valence-corrected chi connectivity index (χ2v) is 6.70. The van der Waals surface area contributed by atoms with Crippen molar-refractivity contribution in [2.24, 2.45) is 11.3 Å². The fourth-order valence-corrected chi connectivity index (χ4v) is 2.48. The van der Waals surface area contributed by atoms with E-state index in [2.05, 4.69) is 0 Å². The van der Waals surface area contributed by atoms with Gasteiger partial charge >= 0.3 is 12.1 Å². The summed E-state index contributed by atoms with van der Waals surface area (Å²) >= 11 is 0. The van der Waals surface area contributed by atoms with Crippen LogP contribution in [0.15, 0.2) is 0 Å². The molecule has 0 N–H and O–H groups in total. The molecular formula is C14H23F3O3. The van der Waals surface area contributed by atoms with E-state index >= 15 is 0 Å². The number of carbonyl (C=O) groups excluding carboxylic acids is 1. The van der Waals surface area contributed by atoms with Crippen LogP contribution in [0.25, 0.3) is 0 Å². The number of esters is 1. The Morgan fingerprint density at radius 3 is 2.35 bits per heavy atom. The first-order chi connectivity index (χ1) is 8.87. The van der Waals surface area contributed by atoms with E-state index in [9.17, 15) is 18.0 Å². The number of rotatable bonds is 4. The van der Waals surface area contributed by atoms with Crippen LogP contribution in [0.3, 0.4) is 0 Å². The summed E-state index contributed by atoms with van der Waals surface area (Å²) in [5.74, 6) is -0.217. The molecule has 0 bridgehead atoms. The third-order valence-corrected chi connectivity index (χ3v) is 3.56. The van der Waals surface area contributed by atoms with Crippen molar-refractivity contribution in [3.8, 4) is 0 Å². The summed E-state index contributed by atoms with van der Waals surface area (Å²) in [6.07, 6.45) is -5.09. The molecule has 0 aromatic heterocycles. The number of hydrogen-bond acceptors (Lipinski definition) is 3. The van der Waals surface area contributed by atoms with Crippen molar-refractivity contribution < 1.29 is 27.4 Å². The zero-order chi connectivity index (χ0) is 15.8. The van der Waals surface area contributed by atoms with E-state index in [-0.39, 0.29) is 12.8 Å². The maximum Gasteiger partial charge on any atom is 0.417 e. The van der Waals surface area contributed by atoms with Gasteiger partial charge in [0.1, 0.15) is 0 Å². The number of ether oxygens (including phenoxy) is 2. The zero-order valence-electron chi connectivity index (χ0n) is 12.6. The first-order valence-corrected chi connectivity index (χ1v) is 6.83. The first kappa shape index (κ1) is 17.3. The van der Waals surface area contributed by atoms with Gasteiger partial charge < -0.3 is 9.47 Å². The number of alkyl halides is 3. The molecule has 1 heterocycles. The minimum atomic E-state index is -4.46. The van der Waals surface area contributed by atoms with Crippen molar-refractivity contribution in [3.63, 3.8) is 0 Å². The molecule has 1 saturated heterocycles. The Morgan fingerprint density at radius 1 is 1.40 bits per heavy atom. The molecule has 1 rings (SSSR count). The van der Waals surface area contributed by atoms with Crippen molar-refractivity contribution in [1.82, 2.24) is 0 Å². The van der Waals surface area contributed by atoms with Gasteiger partial charge in [0, 0.05) is 6.42 Å². The van der Waals surface area contributed by atoms with E-state index < -0.39 is 29.5 Å². The quantitative estimate of drug-likeness (QED) is 0.734. The predicted molar refractivity (Wildman–Crippen MR) is 67.9 cm³/mol. The summed E-state index contributed by atoms with van der Waals surface area (Å²) in [6, 6.07) is 0. The number of hydrogen-bond donors (Lipinski definition) is 0. The van der Waals surface area contributed by atoms with Crippen molar-refractivity contribution in [1.29, 1.82) is 0 Å². The minimum absolute atomic E-state index is 0.0690. The predicted octanol–water partition coefficient (Wildman–Crippen LogP) is 4.06. The molecule has 2 atom stereocenters. The Morgan fingerprint density at radius 2 is 1.95 bits per heavy atom. The Balaban J connectivity index is 2.62. The molecule has 0 amide bonds. The highest BCUT2D eigenvalue weighted by Crippen LogP contribution is 2.43. The molecule has 6 heteroatoms. The molecule has 0 saturated carbocycles. The van der Waals surface area contributed by atoms with Crippen molar-refractivity contribution in [2.75, 3.05) is 0 Å². The third-order valence-electron chi connectivity index (χ3n) is 3.56. The van der Waals surface area contributed by atoms with Gasteiger partial charge in [-0.05, 0) is 39.5 Å². The molecule has 0 spiro atoms. The van der Waals surface area contributed by atoms with Gasteiger partial charge in [-0.25, -0.2) is 0 Å². The Hall–Kier alpha value is -0.780. The van der Waals surface area contributed by atoms with Crippen molar-refractivity contribution in [2.45, 2.75) is 71.9 Å². The minimum Gasteiger partial charge on any atom is -0.435 e. The van der Waals surface area contributed by atoms with Crippen LogP contribution < -0.4 is 0 Å². The fourth-order valence-electron chi connectivity index (χ4n) is 2.48. The maximum absolute atomic E-state index is 12.8. The lowest BCUT2D eigenvalue weighted by Crippen LogP contribution is -2.43. The van der Waals surface area contributed by atoms with Crippen LogP contribution in [0.1, 0.15) is 53.9 Å². The summed E-state index contributed by atoms with van der Waals surface area (Å²) in [7, 11) is 0. The molecular weight excluding hydrogens is 273 g/mol. The highest BCUT2D eigenvalue weighted by atomic mass is 19.4. The molecule has 1 aliphatic heterocycles. The van der Waals surface area contributed by atoms with Crippen LogP contribution >= 0.6 is 0 Å². The SMILES string of the molecule is CC(C)CC(C)(C)C(=O)OC1CCC(C)(C(F)(F)F)O1. The van der Waals surface area contributed by atoms with Crippen LogP contribution in [0, 0.1) is 11.3 Å². The van der Waals surface area contributed by atoms with E-state index in [4.69, 9.17) is 9.47 Å². The first-order valence-electron chi connectivity index (χ1n) is 6.83. The summed E-state index contributed by atoms with van der Waals surface area (Å²) in [4.78, 5) is 12.0. The summed E-state index contributed by atoms with van der Waals surface area (Å²) in [6.45, 7) is 8.39. The molecule has 2 unspecified atom stereocenters. The van der Waals surface area contributed by atoms with Gasteiger partial charge in [-0.2, -0.15) is 13.2 Å². The van der Waals surface area contributed by atoms with Gasteiger partial charge in [0.15, 0.2) is 5.60 Å². The van der Waals surface area contributed by atoms with Crippen LogP contribution in [0.2, 0.25) is 0 Å². The maximum atomic E-state index is 12.8. The summed E-state index contributed by atoms with van der Waals surface area (Å²) < 4.78 is 48.4. The van der Waals surface area contributed by atoms with E-state index in [1.165, 1.54) is 0 Å². The van der Waals surface area contributed by atoms with Gasteiger partial charge in [0.25, 0.3) is 0 Å². The molecule has 1 fully saturated rings. The van der Waals surface area contributed by atoms with E-state index in [1.807, 2.05) is 13.8 Å². The van der Waals surface area contributed by atoms with E-state index in [1.54, 1.807) is 13.8 Å². The van der Waals surface area contributed by atoms with Crippen LogP contribution in [0.4, 0.5) is 13.2 Å². The lowest BCUT2D eigenvalue weighted by Gasteiger charge is -2.29. The molecule has 0 aliphatic carbocycles. The van der Waals surface area contributed by atoms with Crippen molar-refractivity contribution >= 4 is 5.97 Å². The van der Waals surface area contributed by atoms with Crippen LogP contribution in [0.5, 0.6) is 0 Å². The summed E-state index contributed by atoms with van der Waals surface area (Å²) in [5.41, 5.74) is -2.95. The second kappa shape index (κ2) is 5.54. The monoisotopic (exact) mass is 296 g/mol. The summed E-state index contributed by atoms with van der Waals surface area (Å²) in [5, 5.41) is 0. The average Bonchev–Trinajstić information content (AvgIpc) is 2.58. The third kappa shape index (κ3) is 3.87. The van der Waals surface area contributed by atoms with Gasteiger partial charge in [-0.3, -0.25) is 4.79 Å². The molecule has 0 aromatic rings. The number of halogens is 3. The lowest BCUT2D eigenvalue weighted by atomic mass is 9.84. The van der Waals surface area contributed by atoms with Crippen LogP contribution in [-0.4, -0.2) is 24.0 Å².